The summed E-state index contributed by atoms with van der Waals surface area (Å²) in [5.74, 6) is 0. The van der Waals surface area contributed by atoms with Gasteiger partial charge in [-0.05, 0) is 29.7 Å². The topological polar surface area (TPSA) is 49.8 Å². The van der Waals surface area contributed by atoms with Gasteiger partial charge in [0.1, 0.15) is 0 Å². The van der Waals surface area contributed by atoms with Crippen molar-refractivity contribution in [1.82, 2.24) is 0 Å². The third-order valence-corrected chi connectivity index (χ3v) is 1.92. The summed E-state index contributed by atoms with van der Waals surface area (Å²) < 4.78 is 0. The molecule has 0 amide bonds. The fraction of sp³-hybridized carbons (Fsp3) is 0.182. The molecule has 2 nitrogen and oxygen atoms in total. The highest BCUT2D eigenvalue weighted by atomic mass is 14.5. The Kier molecular flexibility index (Phi) is 3.24. The second-order valence-electron chi connectivity index (χ2n) is 2.79. The zero-order valence-electron chi connectivity index (χ0n) is 7.46. The summed E-state index contributed by atoms with van der Waals surface area (Å²) in [5.41, 5.74) is 8.41. The predicted molar refractivity (Wildman–Crippen MR) is 52.9 cm³/mol. The molecule has 0 saturated heterocycles. The molecular weight excluding hydrogens is 160 g/mol. The molecule has 2 heteroatoms. The highest BCUT2D eigenvalue weighted by Gasteiger charge is 2.00. The minimum atomic E-state index is 0.509. The van der Waals surface area contributed by atoms with Gasteiger partial charge in [0, 0.05) is 6.54 Å². The molecule has 0 aliphatic carbocycles. The van der Waals surface area contributed by atoms with Crippen LogP contribution in [0, 0.1) is 11.3 Å². The van der Waals surface area contributed by atoms with Gasteiger partial charge in [-0.15, -0.1) is 6.58 Å². The van der Waals surface area contributed by atoms with Gasteiger partial charge in [-0.2, -0.15) is 5.26 Å². The molecule has 0 fully saturated rings. The highest BCUT2D eigenvalue weighted by Crippen LogP contribution is 2.12. The summed E-state index contributed by atoms with van der Waals surface area (Å²) in [4.78, 5) is 0. The lowest BCUT2D eigenvalue weighted by molar-refractivity contribution is 1.03. The van der Waals surface area contributed by atoms with Crippen LogP contribution in [0.5, 0.6) is 0 Å². The Hall–Kier alpha value is -1.59. The Balaban J connectivity index is 3.11. The molecule has 0 atom stereocenters. The lowest BCUT2D eigenvalue weighted by atomic mass is 10.0. The summed E-state index contributed by atoms with van der Waals surface area (Å²) in [7, 11) is 0. The van der Waals surface area contributed by atoms with Crippen LogP contribution >= 0.6 is 0 Å². The van der Waals surface area contributed by atoms with Crippen molar-refractivity contribution in [3.8, 4) is 6.07 Å². The van der Waals surface area contributed by atoms with Crippen LogP contribution in [0.1, 0.15) is 16.7 Å². The SMILES string of the molecule is C=CCc1cc(C#N)ccc1CN. The zero-order chi connectivity index (χ0) is 9.68. The molecular formula is C11H12N2. The number of nitrogens with two attached hydrogens (primary N) is 1. The van der Waals surface area contributed by atoms with Gasteiger partial charge >= 0.3 is 0 Å². The molecule has 0 saturated carbocycles. The second kappa shape index (κ2) is 4.44. The van der Waals surface area contributed by atoms with E-state index in [2.05, 4.69) is 12.6 Å². The van der Waals surface area contributed by atoms with Gasteiger partial charge in [-0.25, -0.2) is 0 Å². The van der Waals surface area contributed by atoms with Crippen molar-refractivity contribution in [1.29, 1.82) is 5.26 Å². The van der Waals surface area contributed by atoms with Crippen molar-refractivity contribution in [3.05, 3.63) is 47.5 Å². The van der Waals surface area contributed by atoms with Gasteiger partial charge in [0.05, 0.1) is 11.6 Å². The molecule has 66 valence electrons. The van der Waals surface area contributed by atoms with Crippen LogP contribution in [0.3, 0.4) is 0 Å². The Morgan fingerprint density at radius 3 is 2.77 bits per heavy atom. The molecule has 0 heterocycles. The van der Waals surface area contributed by atoms with Crippen molar-refractivity contribution >= 4 is 0 Å². The van der Waals surface area contributed by atoms with Crippen LogP contribution in [0.25, 0.3) is 0 Å². The highest BCUT2D eigenvalue weighted by molar-refractivity contribution is 5.38. The van der Waals surface area contributed by atoms with E-state index in [-0.39, 0.29) is 0 Å². The van der Waals surface area contributed by atoms with E-state index >= 15 is 0 Å². The van der Waals surface area contributed by atoms with Crippen LogP contribution in [0.4, 0.5) is 0 Å². The lowest BCUT2D eigenvalue weighted by Gasteiger charge is -2.04. The Morgan fingerprint density at radius 2 is 2.23 bits per heavy atom. The molecule has 0 aliphatic heterocycles. The number of hydrogen-bond donors (Lipinski definition) is 1. The van der Waals surface area contributed by atoms with Gasteiger partial charge in [0.2, 0.25) is 0 Å². The predicted octanol–water partition coefficient (Wildman–Crippen LogP) is 1.75. The third-order valence-electron chi connectivity index (χ3n) is 1.92. The minimum absolute atomic E-state index is 0.509. The zero-order valence-corrected chi connectivity index (χ0v) is 7.46. The number of nitrogens with zero attached hydrogens (tertiary/aromatic N) is 1. The number of allylic oxidation sites excluding steroid dienone is 1. The Morgan fingerprint density at radius 1 is 1.46 bits per heavy atom. The standard InChI is InChI=1S/C11H12N2/c1-2-3-10-6-9(7-12)4-5-11(10)8-13/h2,4-6H,1,3,8,13H2. The molecule has 13 heavy (non-hydrogen) atoms. The second-order valence-corrected chi connectivity index (χ2v) is 2.79. The van der Waals surface area contributed by atoms with E-state index in [1.807, 2.05) is 18.2 Å². The van der Waals surface area contributed by atoms with E-state index in [1.54, 1.807) is 6.07 Å². The molecule has 0 aromatic heterocycles. The summed E-state index contributed by atoms with van der Waals surface area (Å²) in [6.07, 6.45) is 2.58. The fourth-order valence-corrected chi connectivity index (χ4v) is 1.24. The molecule has 1 aromatic carbocycles. The fourth-order valence-electron chi connectivity index (χ4n) is 1.24. The van der Waals surface area contributed by atoms with E-state index in [4.69, 9.17) is 11.0 Å². The molecule has 1 aromatic rings. The monoisotopic (exact) mass is 172 g/mol. The van der Waals surface area contributed by atoms with Crippen molar-refractivity contribution in [3.63, 3.8) is 0 Å². The quantitative estimate of drug-likeness (QED) is 0.706. The minimum Gasteiger partial charge on any atom is -0.326 e. The molecule has 1 rings (SSSR count). The van der Waals surface area contributed by atoms with Gasteiger partial charge < -0.3 is 5.73 Å². The normalized spacial score (nSPS) is 9.23. The first-order valence-corrected chi connectivity index (χ1v) is 4.14. The maximum atomic E-state index is 8.69. The largest absolute Gasteiger partial charge is 0.326 e. The van der Waals surface area contributed by atoms with E-state index in [1.165, 1.54) is 0 Å². The molecule has 0 aliphatic rings. The van der Waals surface area contributed by atoms with Crippen LogP contribution in [0.2, 0.25) is 0 Å². The molecule has 0 unspecified atom stereocenters. The van der Waals surface area contributed by atoms with E-state index in [0.29, 0.717) is 12.1 Å². The van der Waals surface area contributed by atoms with E-state index in [0.717, 1.165) is 17.5 Å². The van der Waals surface area contributed by atoms with Gasteiger partial charge in [-0.3, -0.25) is 0 Å². The van der Waals surface area contributed by atoms with Gasteiger partial charge in [0.15, 0.2) is 0 Å². The first kappa shape index (κ1) is 9.50. The van der Waals surface area contributed by atoms with E-state index < -0.39 is 0 Å². The van der Waals surface area contributed by atoms with Crippen molar-refractivity contribution < 1.29 is 0 Å². The first-order chi connectivity index (χ1) is 6.31. The number of rotatable bonds is 3. The molecule has 0 radical (unpaired) electrons. The summed E-state index contributed by atoms with van der Waals surface area (Å²) in [5, 5.41) is 8.69. The number of nitriles is 1. The third kappa shape index (κ3) is 2.17. The van der Waals surface area contributed by atoms with Crippen LogP contribution in [-0.4, -0.2) is 0 Å². The van der Waals surface area contributed by atoms with Crippen LogP contribution in [0.15, 0.2) is 30.9 Å². The smallest absolute Gasteiger partial charge is 0.0991 e. The van der Waals surface area contributed by atoms with Gasteiger partial charge in [-0.1, -0.05) is 12.1 Å². The number of hydrogen-bond acceptors (Lipinski definition) is 2. The van der Waals surface area contributed by atoms with Crippen LogP contribution in [-0.2, 0) is 13.0 Å². The van der Waals surface area contributed by atoms with Crippen LogP contribution < -0.4 is 5.73 Å². The Bertz CT molecular complexity index is 348. The average molecular weight is 172 g/mol. The van der Waals surface area contributed by atoms with Crippen molar-refractivity contribution in [2.45, 2.75) is 13.0 Å². The average Bonchev–Trinajstić information content (AvgIpc) is 2.18. The van der Waals surface area contributed by atoms with E-state index in [9.17, 15) is 0 Å². The van der Waals surface area contributed by atoms with Gasteiger partial charge in [0.25, 0.3) is 0 Å². The number of benzene rings is 1. The molecule has 0 spiro atoms. The Labute approximate surface area is 78.3 Å². The van der Waals surface area contributed by atoms with Crippen molar-refractivity contribution in [2.75, 3.05) is 0 Å². The molecule has 2 N–H and O–H groups in total. The maximum Gasteiger partial charge on any atom is 0.0991 e. The molecule has 0 bridgehead atoms. The summed E-state index contributed by atoms with van der Waals surface area (Å²) in [6, 6.07) is 7.65. The van der Waals surface area contributed by atoms with Crippen molar-refractivity contribution in [2.24, 2.45) is 5.73 Å². The summed E-state index contributed by atoms with van der Waals surface area (Å²) >= 11 is 0. The first-order valence-electron chi connectivity index (χ1n) is 4.14. The maximum absolute atomic E-state index is 8.69. The lowest BCUT2D eigenvalue weighted by Crippen LogP contribution is -2.01. The summed E-state index contributed by atoms with van der Waals surface area (Å²) in [6.45, 7) is 4.17.